The van der Waals surface area contributed by atoms with Gasteiger partial charge >= 0.3 is 7.32 Å². The molecule has 15 aromatic rings. The molecule has 0 bridgehead atoms. The molecule has 0 fully saturated rings. The summed E-state index contributed by atoms with van der Waals surface area (Å²) in [7, 11) is -5.15. The quantitative estimate of drug-likeness (QED) is 0.0445. The number of nitrogens with zero attached hydrogens (tertiary/aromatic N) is 3. The molecule has 0 saturated carbocycles. The van der Waals surface area contributed by atoms with Gasteiger partial charge in [-0.15, -0.1) is 0 Å². The molecule has 52 heteroatoms. The summed E-state index contributed by atoms with van der Waals surface area (Å²) < 4.78 is 746. The first-order valence-electron chi connectivity index (χ1n) is 34.8. The Kier molecular flexibility index (Phi) is 22.6. The molecule has 3 heterocycles. The van der Waals surface area contributed by atoms with Crippen molar-refractivity contribution in [2.24, 2.45) is 0 Å². The Morgan fingerprint density at radius 1 is 0.150 bits per heavy atom. The summed E-state index contributed by atoms with van der Waals surface area (Å²) in [4.78, 5) is 0. The summed E-state index contributed by atoms with van der Waals surface area (Å²) in [5.74, 6) is -154. The molecule has 0 amide bonds. The van der Waals surface area contributed by atoms with Crippen molar-refractivity contribution in [1.29, 1.82) is 0 Å². The van der Waals surface area contributed by atoms with Gasteiger partial charge in [-0.05, 0) is 72.4 Å². The van der Waals surface area contributed by atoms with Gasteiger partial charge in [0.1, 0.15) is 17.1 Å². The van der Waals surface area contributed by atoms with Crippen LogP contribution in [-0.4, -0.2) is 21.5 Å². The Morgan fingerprint density at radius 3 is 0.414 bits per heavy atom. The summed E-state index contributed by atoms with van der Waals surface area (Å²) in [6, 6.07) is -1.90. The van der Waals surface area contributed by atoms with Crippen molar-refractivity contribution in [1.82, 2.24) is 14.2 Å². The molecule has 0 N–H and O–H groups in total. The summed E-state index contributed by atoms with van der Waals surface area (Å²) in [5, 5.41) is -6.75. The molecule has 3 aromatic heterocycles. The van der Waals surface area contributed by atoms with Gasteiger partial charge in [-0.2, -0.15) is 14.2 Å². The van der Waals surface area contributed by atoms with Crippen LogP contribution < -0.4 is 14.3 Å². The van der Waals surface area contributed by atoms with Crippen LogP contribution in [0.15, 0.2) is 36.4 Å². The van der Waals surface area contributed by atoms with E-state index in [1.54, 1.807) is 0 Å². The molecule has 0 atom stereocenters. The van der Waals surface area contributed by atoms with Gasteiger partial charge in [0.15, 0.2) is 209 Å². The smallest absolute Gasteiger partial charge is 0.395 e. The highest BCUT2D eigenvalue weighted by molar-refractivity contribution is 6.38. The van der Waals surface area contributed by atoms with E-state index in [1.807, 2.05) is 0 Å². The molecule has 15 rings (SSSR count). The highest BCUT2D eigenvalue weighted by Gasteiger charge is 2.49. The zero-order valence-corrected chi connectivity index (χ0v) is 62.6. The number of benzene rings is 12. The lowest BCUT2D eigenvalue weighted by Gasteiger charge is -2.24. The van der Waals surface area contributed by atoms with E-state index in [9.17, 15) is 13.2 Å². The predicted molar refractivity (Wildman–Crippen MR) is 363 cm³/mol. The molecule has 12 aromatic carbocycles. The van der Waals surface area contributed by atoms with Crippen LogP contribution in [0.5, 0.6) is 0 Å². The zero-order valence-electron chi connectivity index (χ0n) is 62.6. The third-order valence-electron chi connectivity index (χ3n) is 20.8. The number of hydrogen-bond donors (Lipinski definition) is 0. The summed E-state index contributed by atoms with van der Waals surface area (Å²) in [6.45, 7) is 0.0443. The van der Waals surface area contributed by atoms with Crippen LogP contribution in [0.4, 0.5) is 198 Å². The fourth-order valence-electron chi connectivity index (χ4n) is 14.9. The number of rotatable bonds is 15. The maximum Gasteiger partial charge on any atom is 0.926 e. The van der Waals surface area contributed by atoms with Crippen LogP contribution in [0.1, 0.15) is 16.7 Å². The first-order valence-corrected chi connectivity index (χ1v) is 34.8. The van der Waals surface area contributed by atoms with E-state index in [0.717, 1.165) is 0 Å². The van der Waals surface area contributed by atoms with Crippen molar-refractivity contribution in [3.63, 3.8) is 0 Å². The minimum absolute atomic E-state index is 0.0148. The topological polar surface area (TPSA) is 42.5 Å². The highest BCUT2D eigenvalue weighted by atomic mass is 19.2. The van der Waals surface area contributed by atoms with E-state index in [4.69, 9.17) is 14.3 Å². The van der Waals surface area contributed by atoms with E-state index < -0.39 is 433 Å². The maximum atomic E-state index is 17.5. The maximum absolute atomic E-state index is 17.5. The fraction of sp³-hybridized carbons (Fsp3) is 0.0370. The summed E-state index contributed by atoms with van der Waals surface area (Å²) in [6.07, 6.45) is 0. The standard InChI is InChI=1S/C81H15BF45N3O3/c1-10-13(22-34(83)52(101)70(119)53(102)35(22)84)4-7-16-19(10)25(28-40(89)58(107)73(122)59(108)41(28)90)79(31-46(95)64(113)76(125)65(114)47(31)96)128(16)131-82(132-129-17-8-5-14(23-36(85)54(103)71(120)55(104)37(23)86)11(2)20(17)26(29-42(91)60(109)74(123)61(110)43(29)92)80(129)32-48(97)66(115)77(126)67(116)49(32)98)133-130-18-9-6-15(24-38(87)56(105)72(121)57(106)39(24)88)12(3)21(18)27(30-44(93)62(111)75(124)63(112)45(30)94)81(130)33-50(99)68(117)78(127)69(118)51(33)100/h4-9H,1-3H3. The molecule has 6 nitrogen and oxygen atoms in total. The van der Waals surface area contributed by atoms with E-state index in [0.29, 0.717) is 0 Å². The molecular formula is C81H15BF45N3O3. The van der Waals surface area contributed by atoms with Gasteiger partial charge in [-0.3, -0.25) is 0 Å². The molecular weight excluding hydrogens is 1930 g/mol. The average Bonchev–Trinajstić information content (AvgIpc) is 1.55. The Hall–Kier alpha value is -14.4. The van der Waals surface area contributed by atoms with Crippen LogP contribution in [0.2, 0.25) is 0 Å². The lowest BCUT2D eigenvalue weighted by Crippen LogP contribution is -2.49. The van der Waals surface area contributed by atoms with Gasteiger partial charge in [0.25, 0.3) is 0 Å². The van der Waals surface area contributed by atoms with E-state index in [1.165, 1.54) is 0 Å². The van der Waals surface area contributed by atoms with Gasteiger partial charge in [0, 0.05) is 32.8 Å². The molecule has 0 radical (unpaired) electrons. The van der Waals surface area contributed by atoms with Gasteiger partial charge in [-0.1, -0.05) is 18.2 Å². The Morgan fingerprint density at radius 2 is 0.271 bits per heavy atom. The fourth-order valence-corrected chi connectivity index (χ4v) is 14.9. The van der Waals surface area contributed by atoms with Gasteiger partial charge in [0.05, 0.1) is 66.6 Å². The molecule has 0 aliphatic rings. The van der Waals surface area contributed by atoms with Crippen molar-refractivity contribution in [2.75, 3.05) is 0 Å². The van der Waals surface area contributed by atoms with Crippen LogP contribution in [-0.2, 0) is 0 Å². The second-order valence-electron chi connectivity index (χ2n) is 27.6. The third kappa shape index (κ3) is 12.9. The number of aryl methyl sites for hydroxylation is 3. The Bertz CT molecular complexity index is 6870. The van der Waals surface area contributed by atoms with Crippen molar-refractivity contribution in [3.05, 3.63) is 315 Å². The van der Waals surface area contributed by atoms with Gasteiger partial charge in [0.2, 0.25) is 52.4 Å². The van der Waals surface area contributed by atoms with E-state index >= 15 is 184 Å². The molecule has 0 aliphatic heterocycles. The van der Waals surface area contributed by atoms with Gasteiger partial charge < -0.3 is 14.3 Å². The minimum Gasteiger partial charge on any atom is -0.395 e. The SMILES string of the molecule is Cc1c(-c2c(F)c(F)c(F)c(F)c2F)ccc2c1c(-c1c(F)c(F)c(F)c(F)c1F)c(-c1c(F)c(F)c(F)c(F)c1F)n2OB(On1c(-c2c(F)c(F)c(F)c(F)c2F)c(-c2c(F)c(F)c(F)c(F)c2F)c2c(C)c(-c3c(F)c(F)c(F)c(F)c3F)ccc21)On1c(-c2c(F)c(F)c(F)c(F)c2F)c(-c2c(F)c(F)c(F)c(F)c2F)c2c(C)c(-c3c(F)c(F)c(F)c(F)c3F)ccc21. The van der Waals surface area contributed by atoms with Crippen LogP contribution >= 0.6 is 0 Å². The average molecular weight is 1940 g/mol. The monoisotopic (exact) mass is 1940 g/mol. The molecule has 0 aliphatic carbocycles. The molecule has 0 spiro atoms. The van der Waals surface area contributed by atoms with Crippen molar-refractivity contribution >= 4 is 40.0 Å². The van der Waals surface area contributed by atoms with Crippen LogP contribution in [0.25, 0.3) is 133 Å². The number of aromatic nitrogens is 3. The lowest BCUT2D eigenvalue weighted by atomic mass is 9.90. The molecule has 0 saturated heterocycles. The summed E-state index contributed by atoms with van der Waals surface area (Å²) >= 11 is 0. The van der Waals surface area contributed by atoms with Crippen LogP contribution in [0.3, 0.4) is 0 Å². The minimum atomic E-state index is -5.15. The summed E-state index contributed by atoms with van der Waals surface area (Å²) in [5.41, 5.74) is -62.2. The largest absolute Gasteiger partial charge is 0.926 e. The zero-order chi connectivity index (χ0) is 98.2. The normalized spacial score (nSPS) is 11.9. The number of fused-ring (bicyclic) bond motifs is 3. The first-order chi connectivity index (χ1) is 62.1. The second-order valence-corrected chi connectivity index (χ2v) is 27.6. The highest BCUT2D eigenvalue weighted by Crippen LogP contribution is 2.56. The van der Waals surface area contributed by atoms with Crippen LogP contribution in [0, 0.1) is 283 Å². The Balaban J connectivity index is 1.25. The van der Waals surface area contributed by atoms with Gasteiger partial charge in [-0.25, -0.2) is 198 Å². The lowest BCUT2D eigenvalue weighted by molar-refractivity contribution is 0.0828. The van der Waals surface area contributed by atoms with E-state index in [2.05, 4.69) is 0 Å². The molecule has 690 valence electrons. The van der Waals surface area contributed by atoms with E-state index in [-0.39, 0.29) is 57.2 Å². The second kappa shape index (κ2) is 32.3. The number of hydrogen-bond acceptors (Lipinski definition) is 3. The van der Waals surface area contributed by atoms with Crippen molar-refractivity contribution in [2.45, 2.75) is 20.8 Å². The van der Waals surface area contributed by atoms with Crippen molar-refractivity contribution in [3.8, 4) is 101 Å². The first kappa shape index (κ1) is 93.3. The van der Waals surface area contributed by atoms with Crippen molar-refractivity contribution < 1.29 is 212 Å². The molecule has 0 unspecified atom stereocenters. The Labute approximate surface area is 700 Å². The molecule has 133 heavy (non-hydrogen) atoms. The number of halogens is 45. The third-order valence-corrected chi connectivity index (χ3v) is 20.8. The predicted octanol–water partition coefficient (Wildman–Crippen LogP) is 26.4.